The zero-order valence-corrected chi connectivity index (χ0v) is 20.0. The Balaban J connectivity index is 2.14. The lowest BCUT2D eigenvalue weighted by atomic mass is 10.0. The maximum Gasteiger partial charge on any atom is 0.333 e. The highest BCUT2D eigenvalue weighted by Gasteiger charge is 2.21. The van der Waals surface area contributed by atoms with Gasteiger partial charge in [-0.1, -0.05) is 47.5 Å². The van der Waals surface area contributed by atoms with Gasteiger partial charge in [0.25, 0.3) is 0 Å². The van der Waals surface area contributed by atoms with Gasteiger partial charge in [0.05, 0.1) is 23.3 Å². The van der Waals surface area contributed by atoms with Crippen molar-refractivity contribution < 1.29 is 24.2 Å². The lowest BCUT2D eigenvalue weighted by molar-refractivity contribution is -0.153. The first-order valence-corrected chi connectivity index (χ1v) is 10.8. The summed E-state index contributed by atoms with van der Waals surface area (Å²) in [4.78, 5) is 24.1. The lowest BCUT2D eigenvalue weighted by Crippen LogP contribution is -2.29. The zero-order chi connectivity index (χ0) is 23.8. The third kappa shape index (κ3) is 7.26. The van der Waals surface area contributed by atoms with Crippen molar-refractivity contribution >= 4 is 41.2 Å². The standard InChI is InChI=1S/C24H27Cl2NO5/c1-14(2)32-21(24(29)30)12-16-8-9-20(31-4)18(11-16)13-27-23(28)15(3)10-17-6-5-7-19(25)22(17)26/h5-11,14,21H,12-13H2,1-4H3,(H,27,28)(H,29,30). The van der Waals surface area contributed by atoms with Crippen LogP contribution in [-0.2, 0) is 27.3 Å². The Hall–Kier alpha value is -2.54. The molecule has 2 N–H and O–H groups in total. The summed E-state index contributed by atoms with van der Waals surface area (Å²) in [6.45, 7) is 5.46. The van der Waals surface area contributed by atoms with Crippen LogP contribution in [0.25, 0.3) is 6.08 Å². The number of halogens is 2. The molecule has 32 heavy (non-hydrogen) atoms. The number of amides is 1. The van der Waals surface area contributed by atoms with Gasteiger partial charge in [-0.15, -0.1) is 0 Å². The Morgan fingerprint density at radius 1 is 1.19 bits per heavy atom. The molecule has 8 heteroatoms. The third-order valence-electron chi connectivity index (χ3n) is 4.63. The van der Waals surface area contributed by atoms with Gasteiger partial charge in [-0.05, 0) is 50.1 Å². The number of carboxylic acid groups (broad SMARTS) is 1. The van der Waals surface area contributed by atoms with E-state index in [4.69, 9.17) is 32.7 Å². The van der Waals surface area contributed by atoms with Crippen LogP contribution in [0.15, 0.2) is 42.0 Å². The van der Waals surface area contributed by atoms with Crippen LogP contribution < -0.4 is 10.1 Å². The van der Waals surface area contributed by atoms with Crippen LogP contribution in [-0.4, -0.2) is 36.3 Å². The predicted octanol–water partition coefficient (Wildman–Crippen LogP) is 5.14. The molecule has 1 unspecified atom stereocenters. The van der Waals surface area contributed by atoms with Gasteiger partial charge in [0.2, 0.25) is 5.91 Å². The summed E-state index contributed by atoms with van der Waals surface area (Å²) >= 11 is 12.2. The predicted molar refractivity (Wildman–Crippen MR) is 126 cm³/mol. The molecule has 0 bridgehead atoms. The summed E-state index contributed by atoms with van der Waals surface area (Å²) in [5.41, 5.74) is 2.60. The summed E-state index contributed by atoms with van der Waals surface area (Å²) in [6, 6.07) is 10.6. The first-order valence-electron chi connectivity index (χ1n) is 10.1. The Labute approximate surface area is 198 Å². The highest BCUT2D eigenvalue weighted by Crippen LogP contribution is 2.27. The summed E-state index contributed by atoms with van der Waals surface area (Å²) in [7, 11) is 1.54. The number of carbonyl (C=O) groups excluding carboxylic acids is 1. The second kappa shape index (κ2) is 11.9. The maximum atomic E-state index is 12.6. The zero-order valence-electron chi connectivity index (χ0n) is 18.4. The van der Waals surface area contributed by atoms with E-state index in [9.17, 15) is 14.7 Å². The molecule has 0 aliphatic rings. The molecule has 172 valence electrons. The minimum absolute atomic E-state index is 0.199. The van der Waals surface area contributed by atoms with E-state index in [0.717, 1.165) is 11.1 Å². The van der Waals surface area contributed by atoms with Crippen molar-refractivity contribution in [1.29, 1.82) is 0 Å². The summed E-state index contributed by atoms with van der Waals surface area (Å²) in [5, 5.41) is 13.1. The lowest BCUT2D eigenvalue weighted by Gasteiger charge is -2.18. The minimum atomic E-state index is -1.02. The van der Waals surface area contributed by atoms with Crippen molar-refractivity contribution in [3.8, 4) is 5.75 Å². The molecule has 0 saturated heterocycles. The van der Waals surface area contributed by atoms with Crippen LogP contribution in [0.2, 0.25) is 10.0 Å². The largest absolute Gasteiger partial charge is 0.496 e. The van der Waals surface area contributed by atoms with Crippen LogP contribution in [0.3, 0.4) is 0 Å². The van der Waals surface area contributed by atoms with Gasteiger partial charge in [0, 0.05) is 24.1 Å². The fourth-order valence-electron chi connectivity index (χ4n) is 3.08. The van der Waals surface area contributed by atoms with Gasteiger partial charge >= 0.3 is 5.97 Å². The molecule has 6 nitrogen and oxygen atoms in total. The molecular weight excluding hydrogens is 453 g/mol. The number of aliphatic carboxylic acids is 1. The molecular formula is C24H27Cl2NO5. The summed E-state index contributed by atoms with van der Waals surface area (Å²) in [5.74, 6) is -0.713. The van der Waals surface area contributed by atoms with E-state index in [2.05, 4.69) is 5.32 Å². The van der Waals surface area contributed by atoms with Gasteiger partial charge < -0.3 is 19.9 Å². The third-order valence-corrected chi connectivity index (χ3v) is 5.46. The second-order valence-corrected chi connectivity index (χ2v) is 8.30. The molecule has 0 radical (unpaired) electrons. The fraction of sp³-hybridized carbons (Fsp3) is 0.333. The number of hydrogen-bond acceptors (Lipinski definition) is 4. The van der Waals surface area contributed by atoms with Crippen LogP contribution >= 0.6 is 23.2 Å². The molecule has 0 fully saturated rings. The van der Waals surface area contributed by atoms with Gasteiger partial charge in [0.15, 0.2) is 6.10 Å². The highest BCUT2D eigenvalue weighted by atomic mass is 35.5. The Morgan fingerprint density at radius 3 is 2.53 bits per heavy atom. The molecule has 0 aliphatic heterocycles. The minimum Gasteiger partial charge on any atom is -0.496 e. The molecule has 1 amide bonds. The number of carbonyl (C=O) groups is 2. The van der Waals surface area contributed by atoms with E-state index in [1.165, 1.54) is 7.11 Å². The van der Waals surface area contributed by atoms with E-state index in [0.29, 0.717) is 26.9 Å². The normalized spacial score (nSPS) is 12.5. The van der Waals surface area contributed by atoms with E-state index in [-0.39, 0.29) is 25.0 Å². The van der Waals surface area contributed by atoms with Gasteiger partial charge in [0.1, 0.15) is 5.75 Å². The number of methoxy groups -OCH3 is 1. The molecule has 0 saturated carbocycles. The van der Waals surface area contributed by atoms with Crippen molar-refractivity contribution in [2.24, 2.45) is 0 Å². The Kier molecular flexibility index (Phi) is 9.57. The van der Waals surface area contributed by atoms with Crippen molar-refractivity contribution in [3.05, 3.63) is 68.7 Å². The highest BCUT2D eigenvalue weighted by molar-refractivity contribution is 6.42. The average molecular weight is 480 g/mol. The monoisotopic (exact) mass is 479 g/mol. The number of ether oxygens (including phenoxy) is 2. The smallest absolute Gasteiger partial charge is 0.333 e. The molecule has 0 heterocycles. The summed E-state index contributed by atoms with van der Waals surface area (Å²) in [6.07, 6.45) is 0.692. The quantitative estimate of drug-likeness (QED) is 0.460. The van der Waals surface area contributed by atoms with Crippen LogP contribution in [0, 0.1) is 0 Å². The number of benzene rings is 2. The van der Waals surface area contributed by atoms with E-state index < -0.39 is 12.1 Å². The second-order valence-electron chi connectivity index (χ2n) is 7.52. The fourth-order valence-corrected chi connectivity index (χ4v) is 3.44. The van der Waals surface area contributed by atoms with Crippen LogP contribution in [0.4, 0.5) is 0 Å². The molecule has 2 rings (SSSR count). The van der Waals surface area contributed by atoms with Gasteiger partial charge in [-0.3, -0.25) is 4.79 Å². The Bertz CT molecular complexity index is 1000. The number of carboxylic acids is 1. The van der Waals surface area contributed by atoms with Crippen LogP contribution in [0.1, 0.15) is 37.5 Å². The van der Waals surface area contributed by atoms with Crippen molar-refractivity contribution in [3.63, 3.8) is 0 Å². The van der Waals surface area contributed by atoms with E-state index in [1.54, 1.807) is 57.2 Å². The molecule has 0 aromatic heterocycles. The molecule has 0 spiro atoms. The first-order chi connectivity index (χ1) is 15.1. The van der Waals surface area contributed by atoms with Crippen LogP contribution in [0.5, 0.6) is 5.75 Å². The summed E-state index contributed by atoms with van der Waals surface area (Å²) < 4.78 is 10.9. The van der Waals surface area contributed by atoms with Gasteiger partial charge in [-0.25, -0.2) is 4.79 Å². The van der Waals surface area contributed by atoms with Gasteiger partial charge in [-0.2, -0.15) is 0 Å². The van der Waals surface area contributed by atoms with E-state index in [1.807, 2.05) is 6.07 Å². The number of hydrogen-bond donors (Lipinski definition) is 2. The van der Waals surface area contributed by atoms with Crippen molar-refractivity contribution in [1.82, 2.24) is 5.32 Å². The first kappa shape index (κ1) is 25.7. The number of nitrogens with one attached hydrogen (secondary N) is 1. The molecule has 0 aliphatic carbocycles. The van der Waals surface area contributed by atoms with E-state index >= 15 is 0 Å². The van der Waals surface area contributed by atoms with Crippen molar-refractivity contribution in [2.45, 2.75) is 45.9 Å². The topological polar surface area (TPSA) is 84.9 Å². The molecule has 2 aromatic carbocycles. The molecule has 2 aromatic rings. The SMILES string of the molecule is COc1ccc(CC(OC(C)C)C(=O)O)cc1CNC(=O)C(C)=Cc1cccc(Cl)c1Cl. The molecule has 1 atom stereocenters. The average Bonchev–Trinajstić information content (AvgIpc) is 2.74. The Morgan fingerprint density at radius 2 is 1.91 bits per heavy atom. The van der Waals surface area contributed by atoms with Crippen molar-refractivity contribution in [2.75, 3.05) is 7.11 Å². The maximum absolute atomic E-state index is 12.6. The number of rotatable bonds is 10.